The average molecular weight is 254 g/mol. The molecule has 0 aromatic rings. The summed E-state index contributed by atoms with van der Waals surface area (Å²) in [6, 6.07) is -0.501. The maximum atomic E-state index is 12.0. The second kappa shape index (κ2) is 6.18. The zero-order valence-corrected chi connectivity index (χ0v) is 10.7. The first-order valence-corrected chi connectivity index (χ1v) is 6.86. The van der Waals surface area contributed by atoms with Crippen LogP contribution in [0.3, 0.4) is 0 Å². The number of hydrogen-bond acceptors (Lipinski definition) is 3. The Hall–Kier alpha value is -1.10. The summed E-state index contributed by atoms with van der Waals surface area (Å²) >= 11 is 0. The van der Waals surface area contributed by atoms with Crippen LogP contribution in [-0.4, -0.2) is 31.1 Å². The Labute approximate surface area is 107 Å². The minimum atomic E-state index is -0.501. The van der Waals surface area contributed by atoms with E-state index >= 15 is 0 Å². The molecule has 2 amide bonds. The number of hydrogen-bond donors (Lipinski definition) is 2. The summed E-state index contributed by atoms with van der Waals surface area (Å²) in [5.74, 6) is -0.394. The number of amides is 2. The zero-order chi connectivity index (χ0) is 13.0. The van der Waals surface area contributed by atoms with Crippen LogP contribution in [0.4, 0.5) is 0 Å². The molecule has 2 fully saturated rings. The standard InChI is InChI=1S/C13H22N2O3/c14-12(16)11(9-4-2-1-3-5-9)15-13(17)10-6-7-18-8-10/h9-11H,1-8H2,(H2,14,16)(H,15,17)/t10-,11+/m0/s1. The number of carbonyl (C=O) groups is 2. The number of primary amides is 1. The van der Waals surface area contributed by atoms with Crippen molar-refractivity contribution >= 4 is 11.8 Å². The molecule has 3 N–H and O–H groups in total. The number of rotatable bonds is 4. The molecule has 1 saturated heterocycles. The summed E-state index contributed by atoms with van der Waals surface area (Å²) in [5, 5.41) is 2.83. The van der Waals surface area contributed by atoms with Gasteiger partial charge in [-0.1, -0.05) is 19.3 Å². The largest absolute Gasteiger partial charge is 0.381 e. The van der Waals surface area contributed by atoms with Crippen molar-refractivity contribution in [3.63, 3.8) is 0 Å². The van der Waals surface area contributed by atoms with Crippen LogP contribution in [-0.2, 0) is 14.3 Å². The smallest absolute Gasteiger partial charge is 0.240 e. The zero-order valence-electron chi connectivity index (χ0n) is 10.7. The van der Waals surface area contributed by atoms with Crippen LogP contribution in [0.2, 0.25) is 0 Å². The lowest BCUT2D eigenvalue weighted by atomic mass is 9.83. The van der Waals surface area contributed by atoms with Crippen LogP contribution >= 0.6 is 0 Å². The normalized spacial score (nSPS) is 26.8. The van der Waals surface area contributed by atoms with E-state index in [2.05, 4.69) is 5.32 Å². The molecule has 0 spiro atoms. The predicted octanol–water partition coefficient (Wildman–Crippen LogP) is 0.573. The number of nitrogens with one attached hydrogen (secondary N) is 1. The second-order valence-corrected chi connectivity index (χ2v) is 5.35. The average Bonchev–Trinajstić information content (AvgIpc) is 2.90. The van der Waals surface area contributed by atoms with Gasteiger partial charge in [0.25, 0.3) is 0 Å². The Bertz CT molecular complexity index is 307. The van der Waals surface area contributed by atoms with Gasteiger partial charge in [0, 0.05) is 6.61 Å². The molecule has 0 bridgehead atoms. The Kier molecular flexibility index (Phi) is 4.58. The molecule has 2 aliphatic rings. The Morgan fingerprint density at radius 2 is 1.89 bits per heavy atom. The molecule has 0 aromatic heterocycles. The van der Waals surface area contributed by atoms with Crippen molar-refractivity contribution in [3.05, 3.63) is 0 Å². The fourth-order valence-electron chi connectivity index (χ4n) is 2.90. The molecule has 1 heterocycles. The van der Waals surface area contributed by atoms with Crippen molar-refractivity contribution in [2.24, 2.45) is 17.6 Å². The molecule has 2 atom stereocenters. The Morgan fingerprint density at radius 3 is 2.44 bits per heavy atom. The van der Waals surface area contributed by atoms with E-state index in [4.69, 9.17) is 10.5 Å². The summed E-state index contributed by atoms with van der Waals surface area (Å²) in [6.45, 7) is 1.09. The van der Waals surface area contributed by atoms with Crippen molar-refractivity contribution in [2.45, 2.75) is 44.6 Å². The minimum Gasteiger partial charge on any atom is -0.381 e. The van der Waals surface area contributed by atoms with Gasteiger partial charge in [-0.05, 0) is 25.2 Å². The van der Waals surface area contributed by atoms with E-state index in [1.54, 1.807) is 0 Å². The van der Waals surface area contributed by atoms with Crippen LogP contribution < -0.4 is 11.1 Å². The van der Waals surface area contributed by atoms with E-state index < -0.39 is 11.9 Å². The molecule has 18 heavy (non-hydrogen) atoms. The van der Waals surface area contributed by atoms with Gasteiger partial charge in [0.15, 0.2) is 0 Å². The molecular formula is C13H22N2O3. The molecule has 0 radical (unpaired) electrons. The van der Waals surface area contributed by atoms with Crippen molar-refractivity contribution in [3.8, 4) is 0 Å². The van der Waals surface area contributed by atoms with Crippen molar-refractivity contribution < 1.29 is 14.3 Å². The lowest BCUT2D eigenvalue weighted by molar-refractivity contribution is -0.131. The van der Waals surface area contributed by atoms with Gasteiger partial charge in [-0.25, -0.2) is 0 Å². The highest BCUT2D eigenvalue weighted by molar-refractivity contribution is 5.87. The molecule has 0 aromatic carbocycles. The minimum absolute atomic E-state index is 0.0816. The molecule has 0 unspecified atom stereocenters. The molecule has 1 saturated carbocycles. The van der Waals surface area contributed by atoms with E-state index in [0.717, 1.165) is 32.1 Å². The summed E-state index contributed by atoms with van der Waals surface area (Å²) in [4.78, 5) is 23.5. The predicted molar refractivity (Wildman–Crippen MR) is 66.6 cm³/mol. The van der Waals surface area contributed by atoms with Gasteiger partial charge in [0.05, 0.1) is 12.5 Å². The Balaban J connectivity index is 1.92. The molecule has 1 aliphatic carbocycles. The van der Waals surface area contributed by atoms with Crippen LogP contribution in [0, 0.1) is 11.8 Å². The maximum absolute atomic E-state index is 12.0. The van der Waals surface area contributed by atoms with Gasteiger partial charge in [-0.2, -0.15) is 0 Å². The van der Waals surface area contributed by atoms with Crippen molar-refractivity contribution in [2.75, 3.05) is 13.2 Å². The highest BCUT2D eigenvalue weighted by atomic mass is 16.5. The topological polar surface area (TPSA) is 81.4 Å². The van der Waals surface area contributed by atoms with Crippen LogP contribution in [0.25, 0.3) is 0 Å². The molecule has 5 heteroatoms. The fourth-order valence-corrected chi connectivity index (χ4v) is 2.90. The number of ether oxygens (including phenoxy) is 1. The van der Waals surface area contributed by atoms with Crippen molar-refractivity contribution in [1.82, 2.24) is 5.32 Å². The van der Waals surface area contributed by atoms with Crippen LogP contribution in [0.5, 0.6) is 0 Å². The fraction of sp³-hybridized carbons (Fsp3) is 0.846. The third-order valence-corrected chi connectivity index (χ3v) is 4.03. The Morgan fingerprint density at radius 1 is 1.17 bits per heavy atom. The maximum Gasteiger partial charge on any atom is 0.240 e. The quantitative estimate of drug-likeness (QED) is 0.769. The highest BCUT2D eigenvalue weighted by Gasteiger charge is 2.32. The van der Waals surface area contributed by atoms with E-state index in [1.807, 2.05) is 0 Å². The molecule has 102 valence electrons. The summed E-state index contributed by atoms with van der Waals surface area (Å²) in [6.07, 6.45) is 6.16. The van der Waals surface area contributed by atoms with Crippen LogP contribution in [0.15, 0.2) is 0 Å². The van der Waals surface area contributed by atoms with Gasteiger partial charge >= 0.3 is 0 Å². The van der Waals surface area contributed by atoms with E-state index in [0.29, 0.717) is 13.2 Å². The number of carbonyl (C=O) groups excluding carboxylic acids is 2. The first-order chi connectivity index (χ1) is 8.68. The van der Waals surface area contributed by atoms with Gasteiger partial charge < -0.3 is 15.8 Å². The van der Waals surface area contributed by atoms with Gasteiger partial charge in [-0.3, -0.25) is 9.59 Å². The molecular weight excluding hydrogens is 232 g/mol. The van der Waals surface area contributed by atoms with Crippen LogP contribution in [0.1, 0.15) is 38.5 Å². The monoisotopic (exact) mass is 254 g/mol. The number of nitrogens with two attached hydrogens (primary N) is 1. The lowest BCUT2D eigenvalue weighted by Gasteiger charge is -2.29. The van der Waals surface area contributed by atoms with Gasteiger partial charge in [0.1, 0.15) is 6.04 Å². The summed E-state index contributed by atoms with van der Waals surface area (Å²) < 4.78 is 5.19. The first-order valence-electron chi connectivity index (χ1n) is 6.86. The summed E-state index contributed by atoms with van der Waals surface area (Å²) in [5.41, 5.74) is 5.43. The van der Waals surface area contributed by atoms with Gasteiger partial charge in [-0.15, -0.1) is 0 Å². The third kappa shape index (κ3) is 3.22. The third-order valence-electron chi connectivity index (χ3n) is 4.03. The highest BCUT2D eigenvalue weighted by Crippen LogP contribution is 2.26. The summed E-state index contributed by atoms with van der Waals surface area (Å²) in [7, 11) is 0. The van der Waals surface area contributed by atoms with E-state index in [-0.39, 0.29) is 17.7 Å². The van der Waals surface area contributed by atoms with E-state index in [9.17, 15) is 9.59 Å². The molecule has 1 aliphatic heterocycles. The second-order valence-electron chi connectivity index (χ2n) is 5.35. The SMILES string of the molecule is NC(=O)[C@H](NC(=O)[C@H]1CCOC1)C1CCCCC1. The molecule has 5 nitrogen and oxygen atoms in total. The van der Waals surface area contributed by atoms with Gasteiger partial charge in [0.2, 0.25) is 11.8 Å². The lowest BCUT2D eigenvalue weighted by Crippen LogP contribution is -2.51. The molecule has 2 rings (SSSR count). The first kappa shape index (κ1) is 13.3. The van der Waals surface area contributed by atoms with E-state index in [1.165, 1.54) is 6.42 Å². The van der Waals surface area contributed by atoms with Crippen molar-refractivity contribution in [1.29, 1.82) is 0 Å².